The van der Waals surface area contributed by atoms with Crippen LogP contribution in [-0.4, -0.2) is 59.5 Å². The lowest BCUT2D eigenvalue weighted by Crippen LogP contribution is -2.52. The van der Waals surface area contributed by atoms with Gasteiger partial charge in [0.25, 0.3) is 0 Å². The van der Waals surface area contributed by atoms with Crippen molar-refractivity contribution in [3.63, 3.8) is 0 Å². The molecule has 1 aliphatic rings. The summed E-state index contributed by atoms with van der Waals surface area (Å²) in [4.78, 5) is 25.8. The van der Waals surface area contributed by atoms with Crippen molar-refractivity contribution in [1.82, 2.24) is 9.80 Å². The Morgan fingerprint density at radius 3 is 2.60 bits per heavy atom. The van der Waals surface area contributed by atoms with Crippen LogP contribution < -0.4 is 0 Å². The van der Waals surface area contributed by atoms with Gasteiger partial charge in [0, 0.05) is 13.6 Å². The summed E-state index contributed by atoms with van der Waals surface area (Å²) in [5, 5.41) is 9.06. The third-order valence-electron chi connectivity index (χ3n) is 2.53. The van der Waals surface area contributed by atoms with Gasteiger partial charge in [-0.2, -0.15) is 0 Å². The van der Waals surface area contributed by atoms with Crippen LogP contribution in [0.2, 0.25) is 0 Å². The zero-order valence-electron chi connectivity index (χ0n) is 9.27. The van der Waals surface area contributed by atoms with Crippen molar-refractivity contribution in [2.24, 2.45) is 0 Å². The Morgan fingerprint density at radius 2 is 2.00 bits per heavy atom. The Hall–Kier alpha value is -1.10. The molecular weight excluding hydrogens is 196 g/mol. The Labute approximate surface area is 89.7 Å². The molecule has 0 aromatic heterocycles. The normalized spacial score (nSPS) is 19.7. The van der Waals surface area contributed by atoms with Gasteiger partial charge < -0.3 is 14.9 Å². The van der Waals surface area contributed by atoms with E-state index < -0.39 is 0 Å². The fraction of sp³-hybridized carbons (Fsp3) is 0.800. The monoisotopic (exact) mass is 214 g/mol. The lowest BCUT2D eigenvalue weighted by molar-refractivity contribution is -0.148. The fourth-order valence-electron chi connectivity index (χ4n) is 1.54. The fourth-order valence-corrected chi connectivity index (χ4v) is 1.54. The molecule has 1 atom stereocenters. The molecule has 1 aliphatic heterocycles. The second-order valence-electron chi connectivity index (χ2n) is 4.06. The third kappa shape index (κ3) is 3.51. The summed E-state index contributed by atoms with van der Waals surface area (Å²) in [7, 11) is 1.63. The number of amides is 2. The predicted molar refractivity (Wildman–Crippen MR) is 55.1 cm³/mol. The largest absolute Gasteiger partial charge is 0.393 e. The maximum absolute atomic E-state index is 11.5. The van der Waals surface area contributed by atoms with Crippen LogP contribution in [0.1, 0.15) is 19.8 Å². The molecule has 0 saturated carbocycles. The first-order valence-corrected chi connectivity index (χ1v) is 5.20. The number of likely N-dealkylation sites (N-methyl/N-ethyl adjacent to an activating group) is 1. The maximum Gasteiger partial charge on any atom is 0.242 e. The smallest absolute Gasteiger partial charge is 0.242 e. The molecule has 1 N–H and O–H groups in total. The Morgan fingerprint density at radius 1 is 1.33 bits per heavy atom. The number of carbonyl (C=O) groups is 2. The summed E-state index contributed by atoms with van der Waals surface area (Å²) >= 11 is 0. The van der Waals surface area contributed by atoms with E-state index >= 15 is 0 Å². The van der Waals surface area contributed by atoms with Crippen LogP contribution in [0.25, 0.3) is 0 Å². The molecule has 1 rings (SSSR count). The van der Waals surface area contributed by atoms with Crippen LogP contribution in [0, 0.1) is 0 Å². The van der Waals surface area contributed by atoms with Gasteiger partial charge in [-0.25, -0.2) is 0 Å². The predicted octanol–water partition coefficient (Wildman–Crippen LogP) is -0.552. The highest BCUT2D eigenvalue weighted by atomic mass is 16.3. The Bertz CT molecular complexity index is 253. The quantitative estimate of drug-likeness (QED) is 0.683. The standard InChI is InChI=1S/C10H18N2O3/c1-8(13)4-3-5-12-7-9(14)11(2)6-10(12)15/h8,13H,3-7H2,1-2H3. The van der Waals surface area contributed by atoms with Crippen molar-refractivity contribution < 1.29 is 14.7 Å². The van der Waals surface area contributed by atoms with Crippen molar-refractivity contribution in [1.29, 1.82) is 0 Å². The molecular formula is C10H18N2O3. The minimum atomic E-state index is -0.344. The van der Waals surface area contributed by atoms with E-state index in [0.29, 0.717) is 13.0 Å². The van der Waals surface area contributed by atoms with Crippen LogP contribution in [0.4, 0.5) is 0 Å². The van der Waals surface area contributed by atoms with Gasteiger partial charge in [-0.1, -0.05) is 0 Å². The van der Waals surface area contributed by atoms with Crippen molar-refractivity contribution in [2.75, 3.05) is 26.7 Å². The summed E-state index contributed by atoms with van der Waals surface area (Å²) in [5.41, 5.74) is 0. The molecule has 5 nitrogen and oxygen atoms in total. The van der Waals surface area contributed by atoms with E-state index in [2.05, 4.69) is 0 Å². The second kappa shape index (κ2) is 5.11. The number of rotatable bonds is 4. The molecule has 86 valence electrons. The molecule has 5 heteroatoms. The minimum Gasteiger partial charge on any atom is -0.393 e. The summed E-state index contributed by atoms with van der Waals surface area (Å²) in [5.74, 6) is -0.0330. The van der Waals surface area contributed by atoms with Gasteiger partial charge in [0.1, 0.15) is 0 Å². The number of piperazine rings is 1. The molecule has 1 fully saturated rings. The van der Waals surface area contributed by atoms with E-state index in [9.17, 15) is 9.59 Å². The van der Waals surface area contributed by atoms with Crippen molar-refractivity contribution in [3.05, 3.63) is 0 Å². The summed E-state index contributed by atoms with van der Waals surface area (Å²) in [6.45, 7) is 2.63. The van der Waals surface area contributed by atoms with Gasteiger partial charge in [-0.15, -0.1) is 0 Å². The molecule has 0 radical (unpaired) electrons. The van der Waals surface area contributed by atoms with Gasteiger partial charge >= 0.3 is 0 Å². The zero-order chi connectivity index (χ0) is 11.4. The third-order valence-corrected chi connectivity index (χ3v) is 2.53. The van der Waals surface area contributed by atoms with Crippen LogP contribution in [0.3, 0.4) is 0 Å². The van der Waals surface area contributed by atoms with Gasteiger partial charge in [-0.3, -0.25) is 9.59 Å². The van der Waals surface area contributed by atoms with Crippen molar-refractivity contribution >= 4 is 11.8 Å². The minimum absolute atomic E-state index is 0.0114. The molecule has 1 heterocycles. The number of hydrogen-bond acceptors (Lipinski definition) is 3. The number of carbonyl (C=O) groups excluding carboxylic acids is 2. The van der Waals surface area contributed by atoms with Crippen LogP contribution in [0.15, 0.2) is 0 Å². The van der Waals surface area contributed by atoms with Crippen molar-refractivity contribution in [2.45, 2.75) is 25.9 Å². The average molecular weight is 214 g/mol. The Kier molecular flexibility index (Phi) is 4.08. The van der Waals surface area contributed by atoms with Gasteiger partial charge in [0.05, 0.1) is 19.2 Å². The zero-order valence-corrected chi connectivity index (χ0v) is 9.27. The van der Waals surface area contributed by atoms with E-state index in [-0.39, 0.29) is 31.0 Å². The van der Waals surface area contributed by atoms with E-state index in [0.717, 1.165) is 6.42 Å². The van der Waals surface area contributed by atoms with Gasteiger partial charge in [-0.05, 0) is 19.8 Å². The van der Waals surface area contributed by atoms with E-state index in [1.54, 1.807) is 18.9 Å². The molecule has 0 aromatic carbocycles. The molecule has 1 unspecified atom stereocenters. The van der Waals surface area contributed by atoms with E-state index in [1.165, 1.54) is 4.90 Å². The summed E-state index contributed by atoms with van der Waals surface area (Å²) in [6.07, 6.45) is 1.05. The first-order chi connectivity index (χ1) is 7.00. The van der Waals surface area contributed by atoms with Gasteiger partial charge in [0.2, 0.25) is 11.8 Å². The lowest BCUT2D eigenvalue weighted by atomic mass is 10.2. The summed E-state index contributed by atoms with van der Waals surface area (Å²) < 4.78 is 0. The van der Waals surface area contributed by atoms with E-state index in [4.69, 9.17) is 5.11 Å². The first-order valence-electron chi connectivity index (χ1n) is 5.20. The number of nitrogens with zero attached hydrogens (tertiary/aromatic N) is 2. The molecule has 15 heavy (non-hydrogen) atoms. The maximum atomic E-state index is 11.5. The highest BCUT2D eigenvalue weighted by molar-refractivity contribution is 5.92. The van der Waals surface area contributed by atoms with E-state index in [1.807, 2.05) is 0 Å². The van der Waals surface area contributed by atoms with Crippen LogP contribution >= 0.6 is 0 Å². The Balaban J connectivity index is 2.35. The highest BCUT2D eigenvalue weighted by Gasteiger charge is 2.26. The SMILES string of the molecule is CC(O)CCCN1CC(=O)N(C)CC1=O. The molecule has 0 bridgehead atoms. The van der Waals surface area contributed by atoms with Gasteiger partial charge in [0.15, 0.2) is 0 Å². The average Bonchev–Trinajstić information content (AvgIpc) is 2.13. The topological polar surface area (TPSA) is 60.9 Å². The van der Waals surface area contributed by atoms with Crippen molar-refractivity contribution in [3.8, 4) is 0 Å². The number of aliphatic hydroxyl groups is 1. The second-order valence-corrected chi connectivity index (χ2v) is 4.06. The van der Waals surface area contributed by atoms with Crippen LogP contribution in [0.5, 0.6) is 0 Å². The molecule has 0 aromatic rings. The molecule has 2 amide bonds. The molecule has 0 aliphatic carbocycles. The number of hydrogen-bond donors (Lipinski definition) is 1. The lowest BCUT2D eigenvalue weighted by Gasteiger charge is -2.31. The molecule has 0 spiro atoms. The number of aliphatic hydroxyl groups excluding tert-OH is 1. The summed E-state index contributed by atoms with van der Waals surface area (Å²) in [6, 6.07) is 0. The highest BCUT2D eigenvalue weighted by Crippen LogP contribution is 2.05. The van der Waals surface area contributed by atoms with Crippen LogP contribution in [-0.2, 0) is 9.59 Å². The molecule has 1 saturated heterocycles. The first kappa shape index (κ1) is 12.0.